The van der Waals surface area contributed by atoms with Crippen LogP contribution in [0.15, 0.2) is 47.6 Å². The molecule has 1 aromatic heterocycles. The largest absolute Gasteiger partial charge is 0.335 e. The summed E-state index contributed by atoms with van der Waals surface area (Å²) in [5, 5.41) is 22.4. The van der Waals surface area contributed by atoms with Crippen LogP contribution in [-0.2, 0) is 10.2 Å². The van der Waals surface area contributed by atoms with Crippen molar-refractivity contribution in [1.82, 2.24) is 14.9 Å². The summed E-state index contributed by atoms with van der Waals surface area (Å²) in [6, 6.07) is 12.6. The summed E-state index contributed by atoms with van der Waals surface area (Å²) in [7, 11) is 0. The first kappa shape index (κ1) is 22.3. The van der Waals surface area contributed by atoms with E-state index in [1.54, 1.807) is 19.1 Å². The van der Waals surface area contributed by atoms with Gasteiger partial charge in [-0.25, -0.2) is 4.68 Å². The third kappa shape index (κ3) is 5.02. The van der Waals surface area contributed by atoms with E-state index in [2.05, 4.69) is 36.3 Å². The van der Waals surface area contributed by atoms with Gasteiger partial charge in [-0.1, -0.05) is 68.9 Å². The summed E-state index contributed by atoms with van der Waals surface area (Å²) in [5.41, 5.74) is 2.68. The second-order valence-corrected chi connectivity index (χ2v) is 9.01. The predicted octanol–water partition coefficient (Wildman–Crippen LogP) is 3.90. The Labute approximate surface area is 184 Å². The van der Waals surface area contributed by atoms with E-state index in [1.165, 1.54) is 16.3 Å². The fourth-order valence-electron chi connectivity index (χ4n) is 2.96. The van der Waals surface area contributed by atoms with Crippen LogP contribution < -0.4 is 11.2 Å². The summed E-state index contributed by atoms with van der Waals surface area (Å²) in [4.78, 5) is 23.1. The number of nitrogen functional groups attached to an aromatic ring is 1. The van der Waals surface area contributed by atoms with Crippen molar-refractivity contribution in [3.63, 3.8) is 0 Å². The maximum absolute atomic E-state index is 12.4. The summed E-state index contributed by atoms with van der Waals surface area (Å²) in [6.45, 7) is 8.11. The van der Waals surface area contributed by atoms with E-state index < -0.39 is 10.8 Å². The molecule has 9 nitrogen and oxygen atoms in total. The number of para-hydroxylation sites is 1. The topological polar surface area (TPSA) is 129 Å². The highest BCUT2D eigenvalue weighted by molar-refractivity contribution is 7.99. The summed E-state index contributed by atoms with van der Waals surface area (Å²) in [5.74, 6) is 6.19. The Kier molecular flexibility index (Phi) is 6.30. The number of thioether (sulfide) groups is 1. The van der Waals surface area contributed by atoms with Crippen LogP contribution >= 0.6 is 11.8 Å². The molecule has 1 heterocycles. The molecule has 0 saturated heterocycles. The highest BCUT2D eigenvalue weighted by atomic mass is 32.2. The molecule has 3 aromatic rings. The number of nitro benzene ring substituents is 1. The molecule has 1 amide bonds. The van der Waals surface area contributed by atoms with Gasteiger partial charge in [-0.3, -0.25) is 14.9 Å². The fourth-order valence-corrected chi connectivity index (χ4v) is 3.62. The quantitative estimate of drug-likeness (QED) is 0.257. The van der Waals surface area contributed by atoms with E-state index in [9.17, 15) is 14.9 Å². The number of benzene rings is 2. The van der Waals surface area contributed by atoms with Gasteiger partial charge in [0.2, 0.25) is 11.1 Å². The zero-order valence-electron chi connectivity index (χ0n) is 17.7. The van der Waals surface area contributed by atoms with Crippen molar-refractivity contribution in [2.45, 2.75) is 38.3 Å². The van der Waals surface area contributed by atoms with Crippen LogP contribution in [0.1, 0.15) is 31.9 Å². The van der Waals surface area contributed by atoms with Gasteiger partial charge in [-0.15, -0.1) is 10.2 Å². The van der Waals surface area contributed by atoms with E-state index in [-0.39, 0.29) is 22.5 Å². The molecule has 0 atom stereocenters. The standard InChI is InChI=1S/C21H24N6O3S/c1-13-6-5-7-16(27(29)30)18(13)23-17(28)12-31-20-25-24-19(26(20)22)14-8-10-15(11-9-14)21(2,3)4/h5-11H,12,22H2,1-4H3,(H,23,28). The molecule has 0 aliphatic carbocycles. The second kappa shape index (κ2) is 8.76. The van der Waals surface area contributed by atoms with Gasteiger partial charge in [0.25, 0.3) is 5.69 Å². The lowest BCUT2D eigenvalue weighted by molar-refractivity contribution is -0.384. The fraction of sp³-hybridized carbons (Fsp3) is 0.286. The monoisotopic (exact) mass is 440 g/mol. The Hall–Kier alpha value is -3.40. The maximum atomic E-state index is 12.4. The number of anilines is 1. The van der Waals surface area contributed by atoms with Gasteiger partial charge < -0.3 is 11.2 Å². The first-order chi connectivity index (χ1) is 14.6. The lowest BCUT2D eigenvalue weighted by Gasteiger charge is -2.19. The van der Waals surface area contributed by atoms with Crippen molar-refractivity contribution in [1.29, 1.82) is 0 Å². The molecule has 0 aliphatic heterocycles. The zero-order valence-corrected chi connectivity index (χ0v) is 18.6. The van der Waals surface area contributed by atoms with Crippen LogP contribution in [0.3, 0.4) is 0 Å². The van der Waals surface area contributed by atoms with Crippen molar-refractivity contribution >= 4 is 29.0 Å². The van der Waals surface area contributed by atoms with Crippen LogP contribution in [0, 0.1) is 17.0 Å². The predicted molar refractivity (Wildman–Crippen MR) is 121 cm³/mol. The van der Waals surface area contributed by atoms with E-state index in [0.717, 1.165) is 17.3 Å². The minimum Gasteiger partial charge on any atom is -0.335 e. The van der Waals surface area contributed by atoms with E-state index >= 15 is 0 Å². The van der Waals surface area contributed by atoms with Crippen LogP contribution in [0.4, 0.5) is 11.4 Å². The molecule has 0 bridgehead atoms. The van der Waals surface area contributed by atoms with Gasteiger partial charge in [0.15, 0.2) is 5.82 Å². The van der Waals surface area contributed by atoms with E-state index in [1.807, 2.05) is 24.3 Å². The number of rotatable bonds is 6. The van der Waals surface area contributed by atoms with Crippen LogP contribution in [0.2, 0.25) is 0 Å². The molecule has 10 heteroatoms. The van der Waals surface area contributed by atoms with E-state index in [0.29, 0.717) is 16.5 Å². The molecule has 0 aliphatic rings. The Balaban J connectivity index is 1.70. The van der Waals surface area contributed by atoms with Crippen LogP contribution in [0.5, 0.6) is 0 Å². The number of nitrogens with zero attached hydrogens (tertiary/aromatic N) is 4. The minimum atomic E-state index is -0.524. The van der Waals surface area contributed by atoms with Gasteiger partial charge in [-0.05, 0) is 23.5 Å². The van der Waals surface area contributed by atoms with Gasteiger partial charge >= 0.3 is 0 Å². The molecule has 162 valence electrons. The van der Waals surface area contributed by atoms with Crippen LogP contribution in [-0.4, -0.2) is 31.5 Å². The average molecular weight is 441 g/mol. The Bertz CT molecular complexity index is 1120. The molecule has 0 radical (unpaired) electrons. The van der Waals surface area contributed by atoms with Gasteiger partial charge in [0.05, 0.1) is 10.7 Å². The van der Waals surface area contributed by atoms with Gasteiger partial charge in [0.1, 0.15) is 5.69 Å². The molecule has 31 heavy (non-hydrogen) atoms. The number of aryl methyl sites for hydroxylation is 1. The number of amides is 1. The zero-order chi connectivity index (χ0) is 22.8. The van der Waals surface area contributed by atoms with Gasteiger partial charge in [-0.2, -0.15) is 0 Å². The third-order valence-corrected chi connectivity index (χ3v) is 5.66. The lowest BCUT2D eigenvalue weighted by atomic mass is 9.87. The number of carbonyl (C=O) groups is 1. The lowest BCUT2D eigenvalue weighted by Crippen LogP contribution is -2.17. The smallest absolute Gasteiger partial charge is 0.293 e. The number of aromatic nitrogens is 3. The molecule has 0 unspecified atom stereocenters. The Morgan fingerprint density at radius 1 is 1.19 bits per heavy atom. The van der Waals surface area contributed by atoms with Crippen molar-refractivity contribution in [3.05, 3.63) is 63.7 Å². The SMILES string of the molecule is Cc1cccc([N+](=O)[O-])c1NC(=O)CSc1nnc(-c2ccc(C(C)(C)C)cc2)n1N. The van der Waals surface area contributed by atoms with Gasteiger partial charge in [0, 0.05) is 11.6 Å². The average Bonchev–Trinajstić information content (AvgIpc) is 3.07. The molecular formula is C21H24N6O3S. The Morgan fingerprint density at radius 3 is 2.48 bits per heavy atom. The summed E-state index contributed by atoms with van der Waals surface area (Å²) in [6.07, 6.45) is 0. The normalized spacial score (nSPS) is 11.4. The molecule has 0 saturated carbocycles. The number of hydrogen-bond donors (Lipinski definition) is 2. The number of carbonyl (C=O) groups excluding carboxylic acids is 1. The summed E-state index contributed by atoms with van der Waals surface area (Å²) < 4.78 is 1.33. The van der Waals surface area contributed by atoms with Crippen molar-refractivity contribution in [2.24, 2.45) is 0 Å². The maximum Gasteiger partial charge on any atom is 0.293 e. The number of nitrogens with two attached hydrogens (primary N) is 1. The molecule has 3 rings (SSSR count). The third-order valence-electron chi connectivity index (χ3n) is 4.72. The number of hydrogen-bond acceptors (Lipinski definition) is 7. The molecule has 2 aromatic carbocycles. The molecule has 0 fully saturated rings. The van der Waals surface area contributed by atoms with Crippen LogP contribution in [0.25, 0.3) is 11.4 Å². The highest BCUT2D eigenvalue weighted by Crippen LogP contribution is 2.29. The minimum absolute atomic E-state index is 0.0240. The first-order valence-electron chi connectivity index (χ1n) is 9.56. The number of nitrogens with one attached hydrogen (secondary N) is 1. The molecular weight excluding hydrogens is 416 g/mol. The Morgan fingerprint density at radius 2 is 1.87 bits per heavy atom. The first-order valence-corrected chi connectivity index (χ1v) is 10.5. The van der Waals surface area contributed by atoms with Crippen molar-refractivity contribution in [2.75, 3.05) is 16.9 Å². The van der Waals surface area contributed by atoms with E-state index in [4.69, 9.17) is 5.84 Å². The highest BCUT2D eigenvalue weighted by Gasteiger charge is 2.19. The molecule has 3 N–H and O–H groups in total. The van der Waals surface area contributed by atoms with Crippen molar-refractivity contribution < 1.29 is 9.72 Å². The number of nitro groups is 1. The molecule has 0 spiro atoms. The van der Waals surface area contributed by atoms with Crippen molar-refractivity contribution in [3.8, 4) is 11.4 Å². The summed E-state index contributed by atoms with van der Waals surface area (Å²) >= 11 is 1.10. The second-order valence-electron chi connectivity index (χ2n) is 8.07.